The van der Waals surface area contributed by atoms with Crippen molar-refractivity contribution >= 4 is 6.29 Å². The number of nitrogens with zero attached hydrogens (tertiary/aromatic N) is 1. The molecule has 0 bridgehead atoms. The van der Waals surface area contributed by atoms with Crippen LogP contribution in [0.1, 0.15) is 31.1 Å². The minimum atomic E-state index is -0.0370. The molecule has 0 N–H and O–H groups in total. The van der Waals surface area contributed by atoms with E-state index in [-0.39, 0.29) is 6.29 Å². The first-order chi connectivity index (χ1) is 7.74. The third-order valence-corrected chi connectivity index (χ3v) is 1.64. The Balaban J connectivity index is 0.000000281. The van der Waals surface area contributed by atoms with E-state index < -0.39 is 0 Å². The highest BCUT2D eigenvalue weighted by Crippen LogP contribution is 1.90. The van der Waals surface area contributed by atoms with Crippen LogP contribution in [0.3, 0.4) is 0 Å². The summed E-state index contributed by atoms with van der Waals surface area (Å²) >= 11 is 0. The Morgan fingerprint density at radius 2 is 1.75 bits per heavy atom. The molecule has 0 radical (unpaired) electrons. The lowest BCUT2D eigenvalue weighted by Gasteiger charge is -2.09. The summed E-state index contributed by atoms with van der Waals surface area (Å²) in [6, 6.07) is 3.32. The molecule has 1 rings (SSSR count). The second-order valence-corrected chi connectivity index (χ2v) is 2.88. The fourth-order valence-electron chi connectivity index (χ4n) is 0.960. The average molecular weight is 225 g/mol. The molecule has 1 heterocycles. The summed E-state index contributed by atoms with van der Waals surface area (Å²) in [6.45, 7) is 7.25. The van der Waals surface area contributed by atoms with E-state index >= 15 is 0 Å². The van der Waals surface area contributed by atoms with Gasteiger partial charge in [-0.1, -0.05) is 0 Å². The molecule has 4 heteroatoms. The van der Waals surface area contributed by atoms with Crippen molar-refractivity contribution in [3.63, 3.8) is 0 Å². The van der Waals surface area contributed by atoms with Crippen molar-refractivity contribution in [1.82, 2.24) is 4.98 Å². The van der Waals surface area contributed by atoms with Gasteiger partial charge < -0.3 is 9.47 Å². The number of hydrogen-bond acceptors (Lipinski definition) is 4. The Bertz CT molecular complexity index is 258. The van der Waals surface area contributed by atoms with Gasteiger partial charge in [-0.05, 0) is 32.9 Å². The lowest BCUT2D eigenvalue weighted by molar-refractivity contribution is -0.123. The van der Waals surface area contributed by atoms with Gasteiger partial charge in [0, 0.05) is 31.2 Å². The maximum atomic E-state index is 9.98. The normalized spacial score (nSPS) is 9.50. The molecule has 0 atom stereocenters. The van der Waals surface area contributed by atoms with Crippen LogP contribution < -0.4 is 0 Å². The van der Waals surface area contributed by atoms with Gasteiger partial charge in [0.05, 0.1) is 0 Å². The monoisotopic (exact) mass is 225 g/mol. The molecule has 0 amide bonds. The molecule has 0 spiro atoms. The lowest BCUT2D eigenvalue weighted by atomic mass is 10.3. The lowest BCUT2D eigenvalue weighted by Crippen LogP contribution is -2.11. The van der Waals surface area contributed by atoms with Gasteiger partial charge in [-0.3, -0.25) is 9.78 Å². The third kappa shape index (κ3) is 8.08. The van der Waals surface area contributed by atoms with E-state index in [4.69, 9.17) is 9.47 Å². The Kier molecular flexibility index (Phi) is 9.46. The molecule has 0 aromatic carbocycles. The van der Waals surface area contributed by atoms with Crippen molar-refractivity contribution in [2.75, 3.05) is 13.2 Å². The zero-order valence-electron chi connectivity index (χ0n) is 10.1. The van der Waals surface area contributed by atoms with E-state index in [2.05, 4.69) is 4.98 Å². The molecule has 16 heavy (non-hydrogen) atoms. The van der Waals surface area contributed by atoms with Crippen LogP contribution >= 0.6 is 0 Å². The molecular formula is C12H19NO3. The Morgan fingerprint density at radius 3 is 2.06 bits per heavy atom. The predicted molar refractivity (Wildman–Crippen MR) is 62.3 cm³/mol. The number of aldehydes is 1. The third-order valence-electron chi connectivity index (χ3n) is 1.64. The summed E-state index contributed by atoms with van der Waals surface area (Å²) in [4.78, 5) is 13.7. The van der Waals surface area contributed by atoms with E-state index in [0.29, 0.717) is 5.56 Å². The van der Waals surface area contributed by atoms with Gasteiger partial charge in [0.15, 0.2) is 6.29 Å². The van der Waals surface area contributed by atoms with Gasteiger partial charge in [0.25, 0.3) is 0 Å². The maximum Gasteiger partial charge on any atom is 0.154 e. The van der Waals surface area contributed by atoms with Gasteiger partial charge in [0.1, 0.15) is 6.29 Å². The highest BCUT2D eigenvalue weighted by atomic mass is 16.7. The molecule has 0 unspecified atom stereocenters. The van der Waals surface area contributed by atoms with Crippen molar-refractivity contribution in [3.05, 3.63) is 30.1 Å². The number of rotatable bonds is 5. The van der Waals surface area contributed by atoms with Crippen molar-refractivity contribution in [1.29, 1.82) is 0 Å². The van der Waals surface area contributed by atoms with Crippen molar-refractivity contribution < 1.29 is 14.3 Å². The fraction of sp³-hybridized carbons (Fsp3) is 0.500. The SMILES string of the molecule is CCOC(C)OCC.O=Cc1ccncc1. The fourth-order valence-corrected chi connectivity index (χ4v) is 0.960. The van der Waals surface area contributed by atoms with E-state index in [9.17, 15) is 4.79 Å². The number of ether oxygens (including phenoxy) is 2. The summed E-state index contributed by atoms with van der Waals surface area (Å²) in [5, 5.41) is 0. The minimum Gasteiger partial charge on any atom is -0.353 e. The van der Waals surface area contributed by atoms with E-state index in [1.54, 1.807) is 24.5 Å². The second-order valence-electron chi connectivity index (χ2n) is 2.88. The Morgan fingerprint density at radius 1 is 1.25 bits per heavy atom. The highest BCUT2D eigenvalue weighted by molar-refractivity contribution is 5.73. The molecule has 0 aliphatic carbocycles. The van der Waals surface area contributed by atoms with Crippen LogP contribution in [0, 0.1) is 0 Å². The molecule has 0 fully saturated rings. The Hall–Kier alpha value is -1.26. The van der Waals surface area contributed by atoms with Gasteiger partial charge in [-0.25, -0.2) is 0 Å². The number of pyridine rings is 1. The van der Waals surface area contributed by atoms with Gasteiger partial charge in [-0.15, -0.1) is 0 Å². The first-order valence-corrected chi connectivity index (χ1v) is 5.33. The molecule has 1 aromatic heterocycles. The number of hydrogen-bond donors (Lipinski definition) is 0. The van der Waals surface area contributed by atoms with E-state index in [1.165, 1.54) is 0 Å². The average Bonchev–Trinajstić information content (AvgIpc) is 2.32. The number of carbonyl (C=O) groups excluding carboxylic acids is 1. The molecule has 0 saturated carbocycles. The van der Waals surface area contributed by atoms with Crippen LogP contribution in [0.5, 0.6) is 0 Å². The molecule has 90 valence electrons. The highest BCUT2D eigenvalue weighted by Gasteiger charge is 1.94. The van der Waals surface area contributed by atoms with Crippen LogP contribution in [0.15, 0.2) is 24.5 Å². The van der Waals surface area contributed by atoms with Crippen molar-refractivity contribution in [2.24, 2.45) is 0 Å². The molecule has 0 saturated heterocycles. The van der Waals surface area contributed by atoms with Crippen LogP contribution in [0.25, 0.3) is 0 Å². The van der Waals surface area contributed by atoms with Gasteiger partial charge in [-0.2, -0.15) is 0 Å². The molecular weight excluding hydrogens is 206 g/mol. The number of aromatic nitrogens is 1. The summed E-state index contributed by atoms with van der Waals surface area (Å²) in [5.41, 5.74) is 0.667. The summed E-state index contributed by atoms with van der Waals surface area (Å²) in [7, 11) is 0. The molecule has 0 aliphatic rings. The maximum absolute atomic E-state index is 9.98. The molecule has 1 aromatic rings. The Labute approximate surface area is 96.6 Å². The minimum absolute atomic E-state index is 0.0370. The molecule has 4 nitrogen and oxygen atoms in total. The van der Waals surface area contributed by atoms with Crippen LogP contribution in [-0.2, 0) is 9.47 Å². The van der Waals surface area contributed by atoms with Gasteiger partial charge in [0.2, 0.25) is 0 Å². The molecule has 0 aliphatic heterocycles. The standard InChI is InChI=1S/C6H5NO.C6H14O2/c8-5-6-1-3-7-4-2-6;1-4-7-6(3)8-5-2/h1-5H;6H,4-5H2,1-3H3. The quantitative estimate of drug-likeness (QED) is 0.570. The second kappa shape index (κ2) is 10.3. The number of carbonyl (C=O) groups is 1. The first-order valence-electron chi connectivity index (χ1n) is 5.33. The van der Waals surface area contributed by atoms with Crippen LogP contribution in [0.4, 0.5) is 0 Å². The van der Waals surface area contributed by atoms with E-state index in [0.717, 1.165) is 19.5 Å². The van der Waals surface area contributed by atoms with Crippen LogP contribution in [-0.4, -0.2) is 30.8 Å². The zero-order valence-corrected chi connectivity index (χ0v) is 10.1. The predicted octanol–water partition coefficient (Wildman–Crippen LogP) is 2.30. The summed E-state index contributed by atoms with van der Waals surface area (Å²) in [6.07, 6.45) is 3.93. The van der Waals surface area contributed by atoms with Gasteiger partial charge >= 0.3 is 0 Å². The first kappa shape index (κ1) is 14.7. The summed E-state index contributed by atoms with van der Waals surface area (Å²) in [5.74, 6) is 0. The zero-order chi connectivity index (χ0) is 12.2. The topological polar surface area (TPSA) is 48.4 Å². The van der Waals surface area contributed by atoms with Crippen molar-refractivity contribution in [3.8, 4) is 0 Å². The smallest absolute Gasteiger partial charge is 0.154 e. The summed E-state index contributed by atoms with van der Waals surface area (Å²) < 4.78 is 10.1. The van der Waals surface area contributed by atoms with Crippen molar-refractivity contribution in [2.45, 2.75) is 27.1 Å². The largest absolute Gasteiger partial charge is 0.353 e. The van der Waals surface area contributed by atoms with E-state index in [1.807, 2.05) is 20.8 Å². The van der Waals surface area contributed by atoms with Crippen LogP contribution in [0.2, 0.25) is 0 Å².